The summed E-state index contributed by atoms with van der Waals surface area (Å²) in [4.78, 5) is 20.0. The summed E-state index contributed by atoms with van der Waals surface area (Å²) in [6, 6.07) is 14.4. The Morgan fingerprint density at radius 3 is 2.53 bits per heavy atom. The van der Waals surface area contributed by atoms with Crippen LogP contribution in [-0.2, 0) is 14.8 Å². The predicted molar refractivity (Wildman–Crippen MR) is 124 cm³/mol. The molecule has 5 rings (SSSR count). The Morgan fingerprint density at radius 1 is 1.03 bits per heavy atom. The lowest BCUT2D eigenvalue weighted by atomic mass is 9.98. The molecule has 0 bridgehead atoms. The van der Waals surface area contributed by atoms with Gasteiger partial charge in [-0.05, 0) is 49.2 Å². The van der Waals surface area contributed by atoms with Crippen molar-refractivity contribution in [3.63, 3.8) is 0 Å². The minimum atomic E-state index is -3.57. The van der Waals surface area contributed by atoms with Gasteiger partial charge in [-0.15, -0.1) is 11.3 Å². The highest BCUT2D eigenvalue weighted by Gasteiger charge is 2.29. The maximum atomic E-state index is 13.1. The number of nitrogens with zero attached hydrogens (tertiary/aromatic N) is 3. The van der Waals surface area contributed by atoms with Gasteiger partial charge in [0.25, 0.3) is 5.91 Å². The highest BCUT2D eigenvalue weighted by molar-refractivity contribution is 7.89. The molecule has 3 aromatic rings. The van der Waals surface area contributed by atoms with Gasteiger partial charge in [0.1, 0.15) is 0 Å². The van der Waals surface area contributed by atoms with Crippen LogP contribution in [0.4, 0.5) is 0 Å². The molecule has 1 atom stereocenters. The van der Waals surface area contributed by atoms with Gasteiger partial charge in [-0.1, -0.05) is 12.1 Å². The Morgan fingerprint density at radius 2 is 1.78 bits per heavy atom. The Kier molecular flexibility index (Phi) is 5.98. The summed E-state index contributed by atoms with van der Waals surface area (Å²) < 4.78 is 33.5. The van der Waals surface area contributed by atoms with Crippen molar-refractivity contribution in [3.05, 3.63) is 59.1 Å². The first-order chi connectivity index (χ1) is 15.5. The number of thiazole rings is 1. The zero-order valence-corrected chi connectivity index (χ0v) is 19.3. The number of hydrogen-bond acceptors (Lipinski definition) is 6. The third-order valence-electron chi connectivity index (χ3n) is 6.08. The van der Waals surface area contributed by atoms with Crippen LogP contribution in [0.2, 0.25) is 0 Å². The average molecular weight is 472 g/mol. The molecule has 7 nitrogen and oxygen atoms in total. The summed E-state index contributed by atoms with van der Waals surface area (Å²) in [7, 11) is -3.57. The maximum absolute atomic E-state index is 13.1. The smallest absolute Gasteiger partial charge is 0.253 e. The molecule has 3 heterocycles. The molecular formula is C23H25N3O4S2. The third kappa shape index (κ3) is 4.17. The molecule has 1 aromatic heterocycles. The molecule has 2 aromatic carbocycles. The van der Waals surface area contributed by atoms with Crippen LogP contribution in [-0.4, -0.2) is 67.9 Å². The van der Waals surface area contributed by atoms with Crippen molar-refractivity contribution in [1.82, 2.24) is 14.2 Å². The minimum Gasteiger partial charge on any atom is -0.379 e. The molecule has 168 valence electrons. The quantitative estimate of drug-likeness (QED) is 0.583. The van der Waals surface area contributed by atoms with Crippen molar-refractivity contribution >= 4 is 37.5 Å². The lowest BCUT2D eigenvalue weighted by Gasteiger charge is -2.32. The minimum absolute atomic E-state index is 0.0638. The number of rotatable bonds is 4. The molecule has 0 saturated carbocycles. The first-order valence-corrected chi connectivity index (χ1v) is 13.1. The molecule has 2 saturated heterocycles. The van der Waals surface area contributed by atoms with Crippen LogP contribution in [0, 0.1) is 0 Å². The van der Waals surface area contributed by atoms with Crippen LogP contribution < -0.4 is 0 Å². The zero-order chi connectivity index (χ0) is 22.1. The number of carbonyl (C=O) groups excluding carboxylic acids is 1. The Labute approximate surface area is 191 Å². The third-order valence-corrected chi connectivity index (χ3v) is 9.19. The monoisotopic (exact) mass is 471 g/mol. The van der Waals surface area contributed by atoms with Gasteiger partial charge in [-0.25, -0.2) is 13.4 Å². The summed E-state index contributed by atoms with van der Waals surface area (Å²) >= 11 is 1.70. The molecule has 0 spiro atoms. The molecule has 0 unspecified atom stereocenters. The molecule has 1 amide bonds. The van der Waals surface area contributed by atoms with Crippen LogP contribution in [0.25, 0.3) is 10.2 Å². The van der Waals surface area contributed by atoms with Gasteiger partial charge < -0.3 is 9.64 Å². The number of hydrogen-bond donors (Lipinski definition) is 0. The van der Waals surface area contributed by atoms with Crippen molar-refractivity contribution in [2.75, 3.05) is 39.4 Å². The van der Waals surface area contributed by atoms with Gasteiger partial charge in [0.15, 0.2) is 0 Å². The van der Waals surface area contributed by atoms with Crippen LogP contribution in [0.1, 0.15) is 34.1 Å². The number of ether oxygens (including phenoxy) is 1. The van der Waals surface area contributed by atoms with E-state index in [9.17, 15) is 13.2 Å². The molecule has 0 radical (unpaired) electrons. The van der Waals surface area contributed by atoms with Gasteiger partial charge in [-0.2, -0.15) is 4.31 Å². The van der Waals surface area contributed by atoms with Crippen molar-refractivity contribution in [1.29, 1.82) is 0 Å². The summed E-state index contributed by atoms with van der Waals surface area (Å²) in [6.07, 6.45) is 1.94. The van der Waals surface area contributed by atoms with Gasteiger partial charge in [0.2, 0.25) is 10.0 Å². The normalized spacial score (nSPS) is 20.5. The van der Waals surface area contributed by atoms with E-state index in [1.165, 1.54) is 21.1 Å². The largest absolute Gasteiger partial charge is 0.379 e. The summed E-state index contributed by atoms with van der Waals surface area (Å²) in [5.41, 5.74) is 1.52. The van der Waals surface area contributed by atoms with Gasteiger partial charge in [-0.3, -0.25) is 4.79 Å². The van der Waals surface area contributed by atoms with E-state index in [0.717, 1.165) is 23.4 Å². The van der Waals surface area contributed by atoms with E-state index in [-0.39, 0.29) is 16.7 Å². The lowest BCUT2D eigenvalue weighted by Crippen LogP contribution is -2.40. The Balaban J connectivity index is 1.30. The van der Waals surface area contributed by atoms with Crippen molar-refractivity contribution < 1.29 is 17.9 Å². The standard InChI is InChI=1S/C23H25N3O4S2/c27-23(17-7-9-19(10-8-17)32(28,29)26-12-14-30-15-13-26)25-11-3-4-18(16-25)22-24-20-5-1-2-6-21(20)31-22/h1-2,5-10,18H,3-4,11-16H2/t18-/m1/s1. The molecule has 2 aliphatic rings. The number of morpholine rings is 1. The van der Waals surface area contributed by atoms with Gasteiger partial charge in [0.05, 0.1) is 33.3 Å². The summed E-state index contributed by atoms with van der Waals surface area (Å²) in [5, 5.41) is 1.08. The number of benzene rings is 2. The number of amides is 1. The highest BCUT2D eigenvalue weighted by Crippen LogP contribution is 2.33. The van der Waals surface area contributed by atoms with E-state index in [1.54, 1.807) is 23.5 Å². The van der Waals surface area contributed by atoms with Gasteiger partial charge in [0, 0.05) is 37.7 Å². The second kappa shape index (κ2) is 8.90. The number of aromatic nitrogens is 1. The van der Waals surface area contributed by atoms with E-state index in [0.29, 0.717) is 45.0 Å². The zero-order valence-electron chi connectivity index (χ0n) is 17.6. The number of piperidine rings is 1. The Hall–Kier alpha value is -2.33. The summed E-state index contributed by atoms with van der Waals surface area (Å²) in [5.74, 6) is 0.164. The van der Waals surface area contributed by atoms with Crippen LogP contribution in [0.15, 0.2) is 53.4 Å². The lowest BCUT2D eigenvalue weighted by molar-refractivity contribution is 0.0707. The van der Waals surface area contributed by atoms with Crippen LogP contribution >= 0.6 is 11.3 Å². The van der Waals surface area contributed by atoms with E-state index < -0.39 is 10.0 Å². The SMILES string of the molecule is O=C(c1ccc(S(=O)(=O)N2CCOCC2)cc1)N1CCC[C@@H](c2nc3ccccc3s2)C1. The number of likely N-dealkylation sites (tertiary alicyclic amines) is 1. The van der Waals surface area contributed by atoms with Crippen molar-refractivity contribution in [3.8, 4) is 0 Å². The number of fused-ring (bicyclic) bond motifs is 1. The summed E-state index contributed by atoms with van der Waals surface area (Å²) in [6.45, 7) is 2.84. The van der Waals surface area contributed by atoms with E-state index in [1.807, 2.05) is 23.1 Å². The molecule has 2 aliphatic heterocycles. The van der Waals surface area contributed by atoms with Crippen molar-refractivity contribution in [2.45, 2.75) is 23.7 Å². The molecular weight excluding hydrogens is 446 g/mol. The fourth-order valence-electron chi connectivity index (χ4n) is 4.32. The molecule has 9 heteroatoms. The van der Waals surface area contributed by atoms with E-state index in [4.69, 9.17) is 9.72 Å². The van der Waals surface area contributed by atoms with Crippen molar-refractivity contribution in [2.24, 2.45) is 0 Å². The van der Waals surface area contributed by atoms with E-state index >= 15 is 0 Å². The van der Waals surface area contributed by atoms with Crippen LogP contribution in [0.5, 0.6) is 0 Å². The highest BCUT2D eigenvalue weighted by atomic mass is 32.2. The fraction of sp³-hybridized carbons (Fsp3) is 0.391. The average Bonchev–Trinajstić information content (AvgIpc) is 3.29. The molecule has 32 heavy (non-hydrogen) atoms. The topological polar surface area (TPSA) is 79.8 Å². The van der Waals surface area contributed by atoms with Crippen LogP contribution in [0.3, 0.4) is 0 Å². The number of para-hydroxylation sites is 1. The van der Waals surface area contributed by atoms with Gasteiger partial charge >= 0.3 is 0 Å². The second-order valence-electron chi connectivity index (χ2n) is 8.15. The van der Waals surface area contributed by atoms with E-state index in [2.05, 4.69) is 6.07 Å². The second-order valence-corrected chi connectivity index (χ2v) is 11.2. The first kappa shape index (κ1) is 21.5. The molecule has 0 aliphatic carbocycles. The maximum Gasteiger partial charge on any atom is 0.253 e. The molecule has 2 fully saturated rings. The Bertz CT molecular complexity index is 1180. The molecule has 0 N–H and O–H groups in total. The first-order valence-electron chi connectivity index (χ1n) is 10.8. The number of sulfonamides is 1. The predicted octanol–water partition coefficient (Wildman–Crippen LogP) is 3.34. The fourth-order valence-corrected chi connectivity index (χ4v) is 6.82. The number of carbonyl (C=O) groups is 1.